The minimum Gasteiger partial charge on any atom is -0.379 e. The summed E-state index contributed by atoms with van der Waals surface area (Å²) in [7, 11) is 0. The molecule has 2 fully saturated rings. The first kappa shape index (κ1) is 23.9. The molecule has 7 nitrogen and oxygen atoms in total. The van der Waals surface area contributed by atoms with E-state index in [0.717, 1.165) is 71.7 Å². The molecule has 0 aliphatic carbocycles. The Morgan fingerprint density at radius 3 is 2.42 bits per heavy atom. The van der Waals surface area contributed by atoms with Gasteiger partial charge in [0.1, 0.15) is 0 Å². The molecule has 0 amide bonds. The van der Waals surface area contributed by atoms with Crippen molar-refractivity contribution in [1.29, 1.82) is 0 Å². The third kappa shape index (κ3) is 7.84. The number of nitrogens with zero attached hydrogens (tertiary/aromatic N) is 3. The van der Waals surface area contributed by atoms with Crippen molar-refractivity contribution < 1.29 is 9.47 Å². The number of halogens is 1. The van der Waals surface area contributed by atoms with E-state index in [1.807, 2.05) is 0 Å². The Kier molecular flexibility index (Phi) is 12.0. The molecular formula is C18H38IN5O2. The van der Waals surface area contributed by atoms with Gasteiger partial charge in [-0.2, -0.15) is 0 Å². The topological polar surface area (TPSA) is 61.4 Å². The van der Waals surface area contributed by atoms with E-state index in [9.17, 15) is 0 Å². The highest BCUT2D eigenvalue weighted by Crippen LogP contribution is 2.11. The molecule has 0 bridgehead atoms. The molecule has 0 radical (unpaired) electrons. The van der Waals surface area contributed by atoms with Crippen molar-refractivity contribution in [1.82, 2.24) is 20.4 Å². The van der Waals surface area contributed by atoms with Gasteiger partial charge in [-0.25, -0.2) is 0 Å². The lowest BCUT2D eigenvalue weighted by atomic mass is 10.2. The van der Waals surface area contributed by atoms with Crippen LogP contribution in [0.5, 0.6) is 0 Å². The summed E-state index contributed by atoms with van der Waals surface area (Å²) >= 11 is 0. The van der Waals surface area contributed by atoms with Gasteiger partial charge in [-0.3, -0.25) is 14.8 Å². The largest absolute Gasteiger partial charge is 0.379 e. The molecule has 2 aliphatic heterocycles. The number of rotatable bonds is 7. The van der Waals surface area contributed by atoms with Crippen LogP contribution in [-0.4, -0.2) is 99.6 Å². The second kappa shape index (κ2) is 13.1. The Balaban J connectivity index is 0.00000338. The Morgan fingerprint density at radius 1 is 1.08 bits per heavy atom. The Bertz CT molecular complexity index is 407. The zero-order valence-electron chi connectivity index (χ0n) is 16.9. The summed E-state index contributed by atoms with van der Waals surface area (Å²) in [5.74, 6) is 0.912. The summed E-state index contributed by atoms with van der Waals surface area (Å²) < 4.78 is 11.0. The average molecular weight is 483 g/mol. The van der Waals surface area contributed by atoms with Crippen LogP contribution in [0.15, 0.2) is 4.99 Å². The Hall–Kier alpha value is -0.160. The fourth-order valence-corrected chi connectivity index (χ4v) is 3.46. The predicted molar refractivity (Wildman–Crippen MR) is 118 cm³/mol. The summed E-state index contributed by atoms with van der Waals surface area (Å²) in [5.41, 5.74) is 0. The Morgan fingerprint density at radius 2 is 1.77 bits per heavy atom. The molecule has 2 saturated heterocycles. The smallest absolute Gasteiger partial charge is 0.191 e. The van der Waals surface area contributed by atoms with Gasteiger partial charge < -0.3 is 20.1 Å². The Labute approximate surface area is 176 Å². The van der Waals surface area contributed by atoms with Crippen molar-refractivity contribution in [3.63, 3.8) is 0 Å². The molecular weight excluding hydrogens is 445 g/mol. The summed E-state index contributed by atoms with van der Waals surface area (Å²) in [6.45, 7) is 17.8. The first-order valence-electron chi connectivity index (χ1n) is 9.79. The van der Waals surface area contributed by atoms with Crippen LogP contribution >= 0.6 is 24.0 Å². The van der Waals surface area contributed by atoms with Crippen molar-refractivity contribution in [3.8, 4) is 0 Å². The molecule has 0 aromatic carbocycles. The second-order valence-corrected chi connectivity index (χ2v) is 7.11. The van der Waals surface area contributed by atoms with E-state index in [4.69, 9.17) is 14.5 Å². The van der Waals surface area contributed by atoms with Gasteiger partial charge in [0.15, 0.2) is 5.96 Å². The summed E-state index contributed by atoms with van der Waals surface area (Å²) in [4.78, 5) is 9.77. The van der Waals surface area contributed by atoms with Crippen LogP contribution in [0.4, 0.5) is 0 Å². The molecule has 26 heavy (non-hydrogen) atoms. The average Bonchev–Trinajstić information content (AvgIpc) is 2.64. The normalized spacial score (nSPS) is 25.2. The SMILES string of the molecule is CCNC(=NCC(C)N1CCOCC1C)NCC(C)N1CCOCC1.I. The highest BCUT2D eigenvalue weighted by molar-refractivity contribution is 14.0. The van der Waals surface area contributed by atoms with E-state index in [-0.39, 0.29) is 24.0 Å². The van der Waals surface area contributed by atoms with Gasteiger partial charge >= 0.3 is 0 Å². The first-order chi connectivity index (χ1) is 12.1. The van der Waals surface area contributed by atoms with Gasteiger partial charge in [-0.1, -0.05) is 0 Å². The molecule has 2 heterocycles. The van der Waals surface area contributed by atoms with Crippen molar-refractivity contribution in [3.05, 3.63) is 0 Å². The maximum absolute atomic E-state index is 5.53. The summed E-state index contributed by atoms with van der Waals surface area (Å²) in [5, 5.41) is 6.86. The van der Waals surface area contributed by atoms with Gasteiger partial charge in [-0.05, 0) is 27.7 Å². The molecule has 0 spiro atoms. The minimum atomic E-state index is 0. The van der Waals surface area contributed by atoms with Crippen molar-refractivity contribution in [2.45, 2.75) is 45.8 Å². The molecule has 3 atom stereocenters. The fourth-order valence-electron chi connectivity index (χ4n) is 3.46. The number of hydrogen-bond acceptors (Lipinski definition) is 5. The lowest BCUT2D eigenvalue weighted by molar-refractivity contribution is -0.0165. The molecule has 0 aromatic heterocycles. The maximum atomic E-state index is 5.53. The van der Waals surface area contributed by atoms with Crippen LogP contribution in [0.1, 0.15) is 27.7 Å². The fraction of sp³-hybridized carbons (Fsp3) is 0.944. The number of ether oxygens (including phenoxy) is 2. The number of morpholine rings is 2. The summed E-state index contributed by atoms with van der Waals surface area (Å²) in [6.07, 6.45) is 0. The molecule has 2 rings (SSSR count). The molecule has 2 N–H and O–H groups in total. The van der Waals surface area contributed by atoms with Crippen molar-refractivity contribution in [2.24, 2.45) is 4.99 Å². The second-order valence-electron chi connectivity index (χ2n) is 7.11. The predicted octanol–water partition coefficient (Wildman–Crippen LogP) is 0.989. The van der Waals surface area contributed by atoms with Gasteiger partial charge in [-0.15, -0.1) is 24.0 Å². The maximum Gasteiger partial charge on any atom is 0.191 e. The van der Waals surface area contributed by atoms with Crippen LogP contribution in [0.3, 0.4) is 0 Å². The van der Waals surface area contributed by atoms with E-state index < -0.39 is 0 Å². The van der Waals surface area contributed by atoms with Crippen molar-refractivity contribution in [2.75, 3.05) is 65.7 Å². The van der Waals surface area contributed by atoms with Gasteiger partial charge in [0.2, 0.25) is 0 Å². The van der Waals surface area contributed by atoms with Crippen LogP contribution in [-0.2, 0) is 9.47 Å². The molecule has 154 valence electrons. The van der Waals surface area contributed by atoms with Gasteiger partial charge in [0.05, 0.1) is 33.0 Å². The molecule has 8 heteroatoms. The molecule has 0 aromatic rings. The monoisotopic (exact) mass is 483 g/mol. The van der Waals surface area contributed by atoms with E-state index in [0.29, 0.717) is 18.1 Å². The standard InChI is InChI=1S/C18H37N5O2.HI/c1-5-19-18(20-12-15(2)22-6-9-24-10-7-22)21-13-16(3)23-8-11-25-14-17(23)4;/h15-17H,5-14H2,1-4H3,(H2,19,20,21);1H. The van der Waals surface area contributed by atoms with Crippen molar-refractivity contribution >= 4 is 29.9 Å². The number of hydrogen-bond donors (Lipinski definition) is 2. The lowest BCUT2D eigenvalue weighted by Crippen LogP contribution is -2.50. The van der Waals surface area contributed by atoms with Crippen LogP contribution in [0.2, 0.25) is 0 Å². The lowest BCUT2D eigenvalue weighted by Gasteiger charge is -2.37. The minimum absolute atomic E-state index is 0. The molecule has 3 unspecified atom stereocenters. The molecule has 0 saturated carbocycles. The van der Waals surface area contributed by atoms with E-state index in [1.165, 1.54) is 0 Å². The number of guanidine groups is 1. The van der Waals surface area contributed by atoms with Crippen LogP contribution < -0.4 is 10.6 Å². The molecule has 2 aliphatic rings. The quantitative estimate of drug-likeness (QED) is 0.320. The highest BCUT2D eigenvalue weighted by Gasteiger charge is 2.23. The van der Waals surface area contributed by atoms with Gasteiger partial charge in [0.25, 0.3) is 0 Å². The zero-order valence-corrected chi connectivity index (χ0v) is 19.2. The third-order valence-electron chi connectivity index (χ3n) is 5.08. The zero-order chi connectivity index (χ0) is 18.1. The van der Waals surface area contributed by atoms with Crippen LogP contribution in [0.25, 0.3) is 0 Å². The van der Waals surface area contributed by atoms with Gasteiger partial charge in [0, 0.05) is 50.8 Å². The van der Waals surface area contributed by atoms with E-state index >= 15 is 0 Å². The first-order valence-corrected chi connectivity index (χ1v) is 9.79. The van der Waals surface area contributed by atoms with E-state index in [1.54, 1.807) is 0 Å². The van der Waals surface area contributed by atoms with E-state index in [2.05, 4.69) is 48.1 Å². The number of aliphatic imine (C=N–C) groups is 1. The number of nitrogens with one attached hydrogen (secondary N) is 2. The highest BCUT2D eigenvalue weighted by atomic mass is 127. The van der Waals surface area contributed by atoms with Crippen LogP contribution in [0, 0.1) is 0 Å². The third-order valence-corrected chi connectivity index (χ3v) is 5.08. The summed E-state index contributed by atoms with van der Waals surface area (Å²) in [6, 6.07) is 1.37.